The zero-order valence-electron chi connectivity index (χ0n) is 13.8. The fraction of sp³-hybridized carbons (Fsp3) is 0.833. The molecule has 0 saturated heterocycles. The third-order valence-electron chi connectivity index (χ3n) is 1.13. The van der Waals surface area contributed by atoms with Crippen molar-refractivity contribution in [3.8, 4) is 0 Å². The Labute approximate surface area is 174 Å². The van der Waals surface area contributed by atoms with Crippen LogP contribution >= 0.6 is 0 Å². The predicted octanol–water partition coefficient (Wildman–Crippen LogP) is 0.282. The molecule has 0 amide bonds. The molecule has 0 aromatic rings. The van der Waals surface area contributed by atoms with Gasteiger partial charge in [0.1, 0.15) is 0 Å². The number of hydrogen-bond donors (Lipinski definition) is 0. The second-order valence-electron chi connectivity index (χ2n) is 4.50. The number of ether oxygens (including phenoxy) is 2. The maximum Gasteiger partial charge on any atom is 0.0912 e. The first-order chi connectivity index (χ1) is 8.18. The minimum Gasteiger partial charge on any atom is -0.648 e. The summed E-state index contributed by atoms with van der Waals surface area (Å²) < 4.78 is 8.69. The first-order valence-electron chi connectivity index (χ1n) is 5.46. The van der Waals surface area contributed by atoms with Crippen molar-refractivity contribution < 1.29 is 84.5 Å². The minimum absolute atomic E-state index is 0. The maximum atomic E-state index is 9.62. The molecule has 20 heavy (non-hydrogen) atoms. The summed E-state index contributed by atoms with van der Waals surface area (Å²) in [4.78, 5) is 23.2. The van der Waals surface area contributed by atoms with Gasteiger partial charge in [-0.15, -0.1) is 0 Å². The summed E-state index contributed by atoms with van der Waals surface area (Å²) in [7, 11) is 12.0. The van der Waals surface area contributed by atoms with Crippen molar-refractivity contribution in [3.63, 3.8) is 0 Å². The third-order valence-corrected chi connectivity index (χ3v) is 1.13. The monoisotopic (exact) mass is 440 g/mol. The summed E-state index contributed by atoms with van der Waals surface area (Å²) in [6.45, 7) is 5.67. The van der Waals surface area contributed by atoms with Gasteiger partial charge in [-0.1, -0.05) is 12.9 Å². The molecule has 116 valence electrons. The molecule has 2 atom stereocenters. The first-order valence-corrected chi connectivity index (χ1v) is 5.46. The van der Waals surface area contributed by atoms with Crippen molar-refractivity contribution in [2.45, 2.75) is 26.1 Å². The molecule has 0 saturated carbocycles. The first kappa shape index (κ1) is 32.9. The van der Waals surface area contributed by atoms with Crippen LogP contribution in [0.1, 0.15) is 13.8 Å². The molecule has 0 aromatic carbocycles. The van der Waals surface area contributed by atoms with Gasteiger partial charge in [-0.25, -0.2) is 0 Å². The van der Waals surface area contributed by atoms with Crippen LogP contribution in [0.5, 0.6) is 0 Å². The number of nitrogens with zero attached hydrogens (tertiary/aromatic N) is 2. The van der Waals surface area contributed by atoms with Crippen LogP contribution in [0.2, 0.25) is 0 Å². The second kappa shape index (κ2) is 25.0. The third kappa shape index (κ3) is 50.8. The Hall–Kier alpha value is 1.07. The summed E-state index contributed by atoms with van der Waals surface area (Å²) in [5.41, 5.74) is 0. The van der Waals surface area contributed by atoms with Crippen LogP contribution in [0, 0.1) is 0 Å². The van der Waals surface area contributed by atoms with E-state index in [4.69, 9.17) is 0 Å². The van der Waals surface area contributed by atoms with E-state index in [0.29, 0.717) is 0 Å². The Morgan fingerprint density at radius 3 is 0.950 bits per heavy atom. The molecule has 0 heterocycles. The van der Waals surface area contributed by atoms with Crippen LogP contribution in [0.25, 0.3) is 0 Å². The summed E-state index contributed by atoms with van der Waals surface area (Å²) in [5.74, 6) is 0. The van der Waals surface area contributed by atoms with E-state index in [2.05, 4.69) is 9.47 Å². The molecule has 2 unspecified atom stereocenters. The SMILES string of the molecule is CC(O[C-]=O)C(C)O[C-]=O.CN(C)C.CN(C)C.[Y].[Y]. The van der Waals surface area contributed by atoms with E-state index in [1.807, 2.05) is 52.1 Å². The zero-order valence-corrected chi connectivity index (χ0v) is 19.5. The van der Waals surface area contributed by atoms with Gasteiger partial charge in [0.2, 0.25) is 0 Å². The van der Waals surface area contributed by atoms with Gasteiger partial charge in [-0.05, 0) is 56.1 Å². The minimum atomic E-state index is -0.473. The van der Waals surface area contributed by atoms with Gasteiger partial charge in [0.15, 0.2) is 0 Å². The van der Waals surface area contributed by atoms with Crippen molar-refractivity contribution in [3.05, 3.63) is 0 Å². The number of carbonyl (C=O) groups excluding carboxylic acids is 2. The molecule has 0 aromatic heterocycles. The van der Waals surface area contributed by atoms with E-state index in [1.54, 1.807) is 13.8 Å². The standard InChI is InChI=1S/C6H8O4.2C3H9N.2Y/c1-5(9-3-7)6(2)10-4-8;2*1-4(2)3;;/h5-6H,1-2H3;2*1-3H3;;/q-2;;;;. The molecule has 6 nitrogen and oxygen atoms in total. The van der Waals surface area contributed by atoms with E-state index in [9.17, 15) is 9.59 Å². The molecule has 0 aliphatic heterocycles. The van der Waals surface area contributed by atoms with Gasteiger partial charge in [0.25, 0.3) is 0 Å². The van der Waals surface area contributed by atoms with Gasteiger partial charge < -0.3 is 28.9 Å². The van der Waals surface area contributed by atoms with E-state index in [1.165, 1.54) is 12.9 Å². The quantitative estimate of drug-likeness (QED) is 0.573. The number of hydrogen-bond acceptors (Lipinski definition) is 6. The summed E-state index contributed by atoms with van der Waals surface area (Å²) in [5, 5.41) is 0. The molecule has 8 heteroatoms. The van der Waals surface area contributed by atoms with Gasteiger partial charge >= 0.3 is 0 Å². The van der Waals surface area contributed by atoms with E-state index in [0.717, 1.165) is 0 Å². The van der Waals surface area contributed by atoms with Crippen LogP contribution in [0.3, 0.4) is 0 Å². The van der Waals surface area contributed by atoms with Crippen molar-refractivity contribution in [2.24, 2.45) is 0 Å². The smallest absolute Gasteiger partial charge is 0.0912 e. The second-order valence-corrected chi connectivity index (χ2v) is 4.50. The van der Waals surface area contributed by atoms with Crippen molar-refractivity contribution in [1.29, 1.82) is 0 Å². The topological polar surface area (TPSA) is 59.1 Å². The van der Waals surface area contributed by atoms with Crippen molar-refractivity contribution in [2.75, 3.05) is 42.3 Å². The molecule has 0 bridgehead atoms. The van der Waals surface area contributed by atoms with Crippen molar-refractivity contribution >= 4 is 12.9 Å². The van der Waals surface area contributed by atoms with E-state index in [-0.39, 0.29) is 65.4 Å². The van der Waals surface area contributed by atoms with Gasteiger partial charge in [0, 0.05) is 65.4 Å². The van der Waals surface area contributed by atoms with Gasteiger partial charge in [0.05, 0.1) is 12.2 Å². The molecule has 0 aliphatic carbocycles. The predicted molar refractivity (Wildman–Crippen MR) is 71.7 cm³/mol. The Balaban J connectivity index is -0.0000000637. The zero-order chi connectivity index (χ0) is 15.1. The average Bonchev–Trinajstić information content (AvgIpc) is 2.16. The largest absolute Gasteiger partial charge is 0.648 e. The van der Waals surface area contributed by atoms with Crippen LogP contribution in [-0.4, -0.2) is 77.2 Å². The van der Waals surface area contributed by atoms with Crippen molar-refractivity contribution in [1.82, 2.24) is 9.80 Å². The molecular weight excluding hydrogens is 414 g/mol. The molecule has 2 radical (unpaired) electrons. The molecule has 0 spiro atoms. The summed E-state index contributed by atoms with van der Waals surface area (Å²) >= 11 is 0. The van der Waals surface area contributed by atoms with Gasteiger partial charge in [-0.2, -0.15) is 0 Å². The Morgan fingerprint density at radius 1 is 0.700 bits per heavy atom. The van der Waals surface area contributed by atoms with Crippen LogP contribution in [0.15, 0.2) is 0 Å². The Kier molecular flexibility index (Phi) is 41.2. The van der Waals surface area contributed by atoms with Crippen LogP contribution in [0.4, 0.5) is 0 Å². The van der Waals surface area contributed by atoms with Gasteiger partial charge in [-0.3, -0.25) is 0 Å². The van der Waals surface area contributed by atoms with Crippen LogP contribution in [-0.2, 0) is 84.5 Å². The fourth-order valence-corrected chi connectivity index (χ4v) is 0.343. The molecular formula is C12H26N2O4Y2-2. The molecule has 0 rings (SSSR count). The average molecular weight is 440 g/mol. The fourth-order valence-electron chi connectivity index (χ4n) is 0.343. The Bertz CT molecular complexity index is 171. The molecule has 0 fully saturated rings. The normalized spacial score (nSPS) is 11.1. The van der Waals surface area contributed by atoms with Crippen LogP contribution < -0.4 is 0 Å². The summed E-state index contributed by atoms with van der Waals surface area (Å²) in [6, 6.07) is 0. The summed E-state index contributed by atoms with van der Waals surface area (Å²) in [6.07, 6.45) is -0.946. The van der Waals surface area contributed by atoms with E-state index < -0.39 is 12.2 Å². The maximum absolute atomic E-state index is 9.62. The Morgan fingerprint density at radius 2 is 0.850 bits per heavy atom. The molecule has 0 N–H and O–H groups in total. The molecule has 0 aliphatic rings. The van der Waals surface area contributed by atoms with E-state index >= 15 is 0 Å². The number of rotatable bonds is 5.